The molecular formula is C13H14ClNOS. The van der Waals surface area contributed by atoms with Gasteiger partial charge in [0.25, 0.3) is 0 Å². The molecule has 2 unspecified atom stereocenters. The molecule has 0 saturated heterocycles. The van der Waals surface area contributed by atoms with Crippen molar-refractivity contribution in [2.45, 2.75) is 18.6 Å². The summed E-state index contributed by atoms with van der Waals surface area (Å²) >= 11 is 7.26. The van der Waals surface area contributed by atoms with Gasteiger partial charge in [-0.1, -0.05) is 41.9 Å². The molecule has 2 aromatic rings. The number of aliphatic hydroxyl groups excluding tert-OH is 1. The van der Waals surface area contributed by atoms with Gasteiger partial charge in [0.15, 0.2) is 0 Å². The number of hydrogen-bond donors (Lipinski definition) is 2. The summed E-state index contributed by atoms with van der Waals surface area (Å²) in [6.45, 7) is 0. The second kappa shape index (κ2) is 5.65. The molecule has 1 aromatic carbocycles. The molecule has 0 aliphatic heterocycles. The molecule has 90 valence electrons. The van der Waals surface area contributed by atoms with Crippen LogP contribution in [0.15, 0.2) is 41.8 Å². The second-order valence-corrected chi connectivity index (χ2v) is 5.34. The van der Waals surface area contributed by atoms with Gasteiger partial charge in [-0.2, -0.15) is 0 Å². The zero-order chi connectivity index (χ0) is 12.3. The van der Waals surface area contributed by atoms with E-state index in [0.29, 0.717) is 11.4 Å². The van der Waals surface area contributed by atoms with E-state index in [1.165, 1.54) is 11.3 Å². The Balaban J connectivity index is 2.03. The van der Waals surface area contributed by atoms with E-state index in [4.69, 9.17) is 17.3 Å². The van der Waals surface area contributed by atoms with Crippen LogP contribution in [-0.2, 0) is 6.42 Å². The number of benzene rings is 1. The van der Waals surface area contributed by atoms with E-state index < -0.39 is 6.10 Å². The van der Waals surface area contributed by atoms with Crippen LogP contribution < -0.4 is 5.73 Å². The first-order chi connectivity index (χ1) is 8.16. The number of aliphatic hydroxyl groups is 1. The van der Waals surface area contributed by atoms with Crippen LogP contribution in [0.2, 0.25) is 5.02 Å². The smallest absolute Gasteiger partial charge is 0.104 e. The van der Waals surface area contributed by atoms with E-state index in [1.807, 2.05) is 30.3 Å². The number of nitrogens with two attached hydrogens (primary N) is 1. The fourth-order valence-electron chi connectivity index (χ4n) is 1.69. The third-order valence-corrected chi connectivity index (χ3v) is 3.95. The molecule has 17 heavy (non-hydrogen) atoms. The van der Waals surface area contributed by atoms with Gasteiger partial charge in [0.2, 0.25) is 0 Å². The molecule has 0 saturated carbocycles. The molecule has 0 spiro atoms. The van der Waals surface area contributed by atoms with Gasteiger partial charge in [-0.25, -0.2) is 0 Å². The molecule has 0 amide bonds. The zero-order valence-electron chi connectivity index (χ0n) is 9.21. The molecule has 0 fully saturated rings. The highest BCUT2D eigenvalue weighted by atomic mass is 35.5. The molecule has 0 aliphatic rings. The maximum Gasteiger partial charge on any atom is 0.104 e. The van der Waals surface area contributed by atoms with Crippen LogP contribution in [0.25, 0.3) is 0 Å². The van der Waals surface area contributed by atoms with Crippen LogP contribution >= 0.6 is 22.9 Å². The largest absolute Gasteiger partial charge is 0.386 e. The Morgan fingerprint density at radius 1 is 1.29 bits per heavy atom. The molecule has 3 N–H and O–H groups in total. The van der Waals surface area contributed by atoms with E-state index in [9.17, 15) is 5.11 Å². The molecule has 0 radical (unpaired) electrons. The van der Waals surface area contributed by atoms with Crippen molar-refractivity contribution in [1.29, 1.82) is 0 Å². The maximum atomic E-state index is 10.1. The van der Waals surface area contributed by atoms with Crippen molar-refractivity contribution in [2.75, 3.05) is 0 Å². The SMILES string of the molecule is NC(Cc1ccccc1)C(O)c1cc(Cl)cs1. The molecule has 2 rings (SSSR count). The Bertz CT molecular complexity index is 471. The highest BCUT2D eigenvalue weighted by molar-refractivity contribution is 7.10. The molecule has 4 heteroatoms. The standard InChI is InChI=1S/C13H14ClNOS/c14-10-7-12(17-8-10)13(16)11(15)6-9-4-2-1-3-5-9/h1-5,7-8,11,13,16H,6,15H2. The Morgan fingerprint density at radius 2 is 2.00 bits per heavy atom. The van der Waals surface area contributed by atoms with E-state index in [2.05, 4.69) is 0 Å². The van der Waals surface area contributed by atoms with E-state index in [-0.39, 0.29) is 6.04 Å². The molecule has 2 atom stereocenters. The normalized spacial score (nSPS) is 14.5. The van der Waals surface area contributed by atoms with Crippen molar-refractivity contribution in [3.05, 3.63) is 57.2 Å². The third-order valence-electron chi connectivity index (χ3n) is 2.60. The van der Waals surface area contributed by atoms with Crippen molar-refractivity contribution in [2.24, 2.45) is 5.73 Å². The zero-order valence-corrected chi connectivity index (χ0v) is 10.8. The minimum Gasteiger partial charge on any atom is -0.386 e. The fourth-order valence-corrected chi connectivity index (χ4v) is 2.83. The first-order valence-corrected chi connectivity index (χ1v) is 6.64. The van der Waals surface area contributed by atoms with Crippen LogP contribution in [0.3, 0.4) is 0 Å². The molecule has 0 bridgehead atoms. The molecule has 0 aliphatic carbocycles. The van der Waals surface area contributed by atoms with Crippen molar-refractivity contribution < 1.29 is 5.11 Å². The predicted molar refractivity (Wildman–Crippen MR) is 72.4 cm³/mol. The number of halogens is 1. The Kier molecular flexibility index (Phi) is 4.18. The lowest BCUT2D eigenvalue weighted by atomic mass is 10.0. The van der Waals surface area contributed by atoms with Gasteiger partial charge < -0.3 is 10.8 Å². The minimum absolute atomic E-state index is 0.313. The predicted octanol–water partition coefficient (Wildman–Crippen LogP) is 3.00. The first kappa shape index (κ1) is 12.6. The van der Waals surface area contributed by atoms with Crippen molar-refractivity contribution in [3.63, 3.8) is 0 Å². The van der Waals surface area contributed by atoms with Gasteiger partial charge >= 0.3 is 0 Å². The average molecular weight is 268 g/mol. The Morgan fingerprint density at radius 3 is 2.59 bits per heavy atom. The lowest BCUT2D eigenvalue weighted by molar-refractivity contribution is 0.150. The molecular weight excluding hydrogens is 254 g/mol. The van der Waals surface area contributed by atoms with Crippen LogP contribution in [-0.4, -0.2) is 11.1 Å². The number of hydrogen-bond acceptors (Lipinski definition) is 3. The van der Waals surface area contributed by atoms with Gasteiger partial charge in [0.1, 0.15) is 6.10 Å². The van der Waals surface area contributed by atoms with Crippen LogP contribution in [0.1, 0.15) is 16.5 Å². The van der Waals surface area contributed by atoms with Crippen molar-refractivity contribution in [3.8, 4) is 0 Å². The topological polar surface area (TPSA) is 46.2 Å². The van der Waals surface area contributed by atoms with E-state index >= 15 is 0 Å². The summed E-state index contributed by atoms with van der Waals surface area (Å²) in [5.74, 6) is 0. The summed E-state index contributed by atoms with van der Waals surface area (Å²) in [6, 6.07) is 11.4. The minimum atomic E-state index is -0.660. The lowest BCUT2D eigenvalue weighted by Crippen LogP contribution is -2.30. The average Bonchev–Trinajstić information content (AvgIpc) is 2.76. The van der Waals surface area contributed by atoms with Crippen LogP contribution in [0.5, 0.6) is 0 Å². The number of rotatable bonds is 4. The van der Waals surface area contributed by atoms with Gasteiger partial charge in [-0.3, -0.25) is 0 Å². The van der Waals surface area contributed by atoms with Crippen molar-refractivity contribution in [1.82, 2.24) is 0 Å². The lowest BCUT2D eigenvalue weighted by Gasteiger charge is -2.17. The molecule has 2 nitrogen and oxygen atoms in total. The van der Waals surface area contributed by atoms with Crippen LogP contribution in [0.4, 0.5) is 0 Å². The summed E-state index contributed by atoms with van der Waals surface area (Å²) in [5.41, 5.74) is 7.13. The summed E-state index contributed by atoms with van der Waals surface area (Å²) in [6.07, 6.45) is -0.00921. The van der Waals surface area contributed by atoms with Gasteiger partial charge in [-0.05, 0) is 18.1 Å². The van der Waals surface area contributed by atoms with Crippen LogP contribution in [0, 0.1) is 0 Å². The first-order valence-electron chi connectivity index (χ1n) is 5.38. The van der Waals surface area contributed by atoms with Gasteiger partial charge in [0.05, 0.1) is 5.02 Å². The summed E-state index contributed by atoms with van der Waals surface area (Å²) in [5, 5.41) is 12.5. The highest BCUT2D eigenvalue weighted by Gasteiger charge is 2.18. The maximum absolute atomic E-state index is 10.1. The fraction of sp³-hybridized carbons (Fsp3) is 0.231. The Labute approximate surface area is 110 Å². The van der Waals surface area contributed by atoms with Gasteiger partial charge in [0, 0.05) is 16.3 Å². The number of thiophene rings is 1. The third kappa shape index (κ3) is 3.30. The summed E-state index contributed by atoms with van der Waals surface area (Å²) < 4.78 is 0. The van der Waals surface area contributed by atoms with E-state index in [0.717, 1.165) is 10.4 Å². The Hall–Kier alpha value is -0.870. The molecule has 1 aromatic heterocycles. The monoisotopic (exact) mass is 267 g/mol. The molecule has 1 heterocycles. The summed E-state index contributed by atoms with van der Waals surface area (Å²) in [7, 11) is 0. The van der Waals surface area contributed by atoms with E-state index in [1.54, 1.807) is 11.4 Å². The highest BCUT2D eigenvalue weighted by Crippen LogP contribution is 2.27. The second-order valence-electron chi connectivity index (χ2n) is 3.97. The quantitative estimate of drug-likeness (QED) is 0.895. The van der Waals surface area contributed by atoms with Crippen molar-refractivity contribution >= 4 is 22.9 Å². The summed E-state index contributed by atoms with van der Waals surface area (Å²) in [4.78, 5) is 0.818. The van der Waals surface area contributed by atoms with Gasteiger partial charge in [-0.15, -0.1) is 11.3 Å².